The van der Waals surface area contributed by atoms with Crippen molar-refractivity contribution >= 4 is 49.6 Å². The SMILES string of the molecule is O=c1oc2ccccc2cc1-c1csc(N/N=C/c2ccc(O)c(Br)c2)n1. The number of nitrogens with zero attached hydrogens (tertiary/aromatic N) is 2. The fourth-order valence-electron chi connectivity index (χ4n) is 2.45. The fraction of sp³-hybridized carbons (Fsp3) is 0. The molecule has 2 aromatic heterocycles. The highest BCUT2D eigenvalue weighted by atomic mass is 79.9. The van der Waals surface area contributed by atoms with Crippen LogP contribution in [0.5, 0.6) is 5.75 Å². The standard InChI is InChI=1S/C19H12BrN3O3S/c20-14-7-11(5-6-16(14)24)9-21-23-19-22-15(10-27-19)13-8-12-3-1-2-4-17(12)26-18(13)25/h1-10,24H,(H,22,23)/b21-9+. The van der Waals surface area contributed by atoms with Gasteiger partial charge in [-0.2, -0.15) is 5.10 Å². The van der Waals surface area contributed by atoms with Gasteiger partial charge in [-0.15, -0.1) is 11.3 Å². The molecular formula is C19H12BrN3O3S. The first-order valence-electron chi connectivity index (χ1n) is 7.86. The van der Waals surface area contributed by atoms with Crippen LogP contribution in [0.3, 0.4) is 0 Å². The van der Waals surface area contributed by atoms with E-state index in [4.69, 9.17) is 4.42 Å². The van der Waals surface area contributed by atoms with Gasteiger partial charge in [-0.05, 0) is 51.8 Å². The molecule has 134 valence electrons. The second-order valence-corrected chi connectivity index (χ2v) is 7.32. The first-order chi connectivity index (χ1) is 13.1. The number of phenols is 1. The van der Waals surface area contributed by atoms with Crippen LogP contribution in [0.1, 0.15) is 5.56 Å². The molecule has 2 aromatic carbocycles. The van der Waals surface area contributed by atoms with Crippen LogP contribution in [0.15, 0.2) is 72.7 Å². The van der Waals surface area contributed by atoms with Crippen molar-refractivity contribution in [2.24, 2.45) is 5.10 Å². The highest BCUT2D eigenvalue weighted by Crippen LogP contribution is 2.26. The molecule has 0 unspecified atom stereocenters. The number of hydrazone groups is 1. The van der Waals surface area contributed by atoms with Gasteiger partial charge < -0.3 is 9.52 Å². The number of aromatic nitrogens is 1. The Hall–Kier alpha value is -2.97. The lowest BCUT2D eigenvalue weighted by Gasteiger charge is -1.99. The summed E-state index contributed by atoms with van der Waals surface area (Å²) < 4.78 is 5.94. The van der Waals surface area contributed by atoms with Crippen molar-refractivity contribution in [3.05, 3.63) is 74.4 Å². The number of anilines is 1. The first-order valence-corrected chi connectivity index (χ1v) is 9.54. The van der Waals surface area contributed by atoms with Crippen LogP contribution in [0.25, 0.3) is 22.2 Å². The highest BCUT2D eigenvalue weighted by molar-refractivity contribution is 9.10. The van der Waals surface area contributed by atoms with E-state index in [-0.39, 0.29) is 5.75 Å². The van der Waals surface area contributed by atoms with Gasteiger partial charge in [0.1, 0.15) is 11.3 Å². The zero-order chi connectivity index (χ0) is 18.8. The molecule has 2 heterocycles. The molecule has 0 saturated heterocycles. The van der Waals surface area contributed by atoms with Gasteiger partial charge in [0.15, 0.2) is 0 Å². The molecule has 0 aliphatic rings. The van der Waals surface area contributed by atoms with Gasteiger partial charge in [-0.1, -0.05) is 18.2 Å². The molecule has 0 spiro atoms. The van der Waals surface area contributed by atoms with Gasteiger partial charge in [0.2, 0.25) is 5.13 Å². The molecule has 0 radical (unpaired) electrons. The van der Waals surface area contributed by atoms with Crippen LogP contribution < -0.4 is 11.1 Å². The molecule has 0 amide bonds. The van der Waals surface area contributed by atoms with Crippen molar-refractivity contribution in [3.8, 4) is 17.0 Å². The second kappa shape index (κ2) is 7.34. The Labute approximate surface area is 165 Å². The summed E-state index contributed by atoms with van der Waals surface area (Å²) in [6, 6.07) is 14.2. The lowest BCUT2D eigenvalue weighted by molar-refractivity contribution is 0.472. The summed E-state index contributed by atoms with van der Waals surface area (Å²) >= 11 is 4.59. The van der Waals surface area contributed by atoms with Crippen molar-refractivity contribution in [1.82, 2.24) is 4.98 Å². The van der Waals surface area contributed by atoms with Crippen molar-refractivity contribution in [2.45, 2.75) is 0 Å². The number of halogens is 1. The minimum absolute atomic E-state index is 0.166. The molecule has 0 atom stereocenters. The maximum Gasteiger partial charge on any atom is 0.345 e. The van der Waals surface area contributed by atoms with E-state index in [1.165, 1.54) is 11.3 Å². The minimum atomic E-state index is -0.428. The van der Waals surface area contributed by atoms with E-state index in [1.54, 1.807) is 41.9 Å². The predicted molar refractivity (Wildman–Crippen MR) is 111 cm³/mol. The number of rotatable bonds is 4. The molecule has 0 aliphatic carbocycles. The summed E-state index contributed by atoms with van der Waals surface area (Å²) in [4.78, 5) is 16.6. The van der Waals surface area contributed by atoms with E-state index in [2.05, 4.69) is 31.4 Å². The molecule has 6 nitrogen and oxygen atoms in total. The summed E-state index contributed by atoms with van der Waals surface area (Å²) in [5.74, 6) is 0.166. The third-order valence-corrected chi connectivity index (χ3v) is 5.15. The van der Waals surface area contributed by atoms with Gasteiger partial charge in [0.25, 0.3) is 0 Å². The number of fused-ring (bicyclic) bond motifs is 1. The zero-order valence-corrected chi connectivity index (χ0v) is 16.1. The normalized spacial score (nSPS) is 11.3. The molecular weight excluding hydrogens is 430 g/mol. The van der Waals surface area contributed by atoms with Crippen LogP contribution in [0, 0.1) is 0 Å². The number of aromatic hydroxyl groups is 1. The van der Waals surface area contributed by atoms with Gasteiger partial charge in [0.05, 0.1) is 21.9 Å². The van der Waals surface area contributed by atoms with Crippen LogP contribution in [0.4, 0.5) is 5.13 Å². The fourth-order valence-corrected chi connectivity index (χ4v) is 3.51. The lowest BCUT2D eigenvalue weighted by atomic mass is 10.1. The number of hydrogen-bond acceptors (Lipinski definition) is 7. The molecule has 0 fully saturated rings. The van der Waals surface area contributed by atoms with Crippen molar-refractivity contribution in [2.75, 3.05) is 5.43 Å². The summed E-state index contributed by atoms with van der Waals surface area (Å²) in [5.41, 5.74) is 4.70. The number of nitrogens with one attached hydrogen (secondary N) is 1. The topological polar surface area (TPSA) is 87.7 Å². The summed E-state index contributed by atoms with van der Waals surface area (Å²) in [5, 5.41) is 16.8. The van der Waals surface area contributed by atoms with E-state index in [9.17, 15) is 9.90 Å². The minimum Gasteiger partial charge on any atom is -0.507 e. The van der Waals surface area contributed by atoms with Gasteiger partial charge in [-0.3, -0.25) is 5.43 Å². The predicted octanol–water partition coefficient (Wildman–Crippen LogP) is 4.83. The van der Waals surface area contributed by atoms with Crippen molar-refractivity contribution in [1.29, 1.82) is 0 Å². The summed E-state index contributed by atoms with van der Waals surface area (Å²) in [7, 11) is 0. The van der Waals surface area contributed by atoms with Crippen LogP contribution in [0.2, 0.25) is 0 Å². The smallest absolute Gasteiger partial charge is 0.345 e. The molecule has 0 bridgehead atoms. The number of benzene rings is 2. The van der Waals surface area contributed by atoms with Gasteiger partial charge in [0, 0.05) is 10.8 Å². The number of hydrogen-bond donors (Lipinski definition) is 2. The third kappa shape index (κ3) is 3.76. The third-order valence-electron chi connectivity index (χ3n) is 3.77. The Morgan fingerprint density at radius 1 is 1.22 bits per heavy atom. The van der Waals surface area contributed by atoms with E-state index >= 15 is 0 Å². The number of thiazole rings is 1. The Balaban J connectivity index is 1.55. The first kappa shape index (κ1) is 17.4. The van der Waals surface area contributed by atoms with Gasteiger partial charge >= 0.3 is 5.63 Å². The monoisotopic (exact) mass is 441 g/mol. The Morgan fingerprint density at radius 2 is 2.07 bits per heavy atom. The van der Waals surface area contributed by atoms with Crippen LogP contribution in [-0.4, -0.2) is 16.3 Å². The molecule has 4 rings (SSSR count). The maximum absolute atomic E-state index is 12.2. The largest absolute Gasteiger partial charge is 0.507 e. The van der Waals surface area contributed by atoms with Crippen LogP contribution in [-0.2, 0) is 0 Å². The second-order valence-electron chi connectivity index (χ2n) is 5.60. The Kier molecular flexibility index (Phi) is 4.74. The average Bonchev–Trinajstić information content (AvgIpc) is 3.13. The summed E-state index contributed by atoms with van der Waals surface area (Å²) in [6.45, 7) is 0. The average molecular weight is 442 g/mol. The molecule has 27 heavy (non-hydrogen) atoms. The summed E-state index contributed by atoms with van der Waals surface area (Å²) in [6.07, 6.45) is 1.61. The Bertz CT molecular complexity index is 1220. The highest BCUT2D eigenvalue weighted by Gasteiger charge is 2.11. The molecule has 0 saturated carbocycles. The van der Waals surface area contributed by atoms with E-state index < -0.39 is 5.63 Å². The molecule has 4 aromatic rings. The van der Waals surface area contributed by atoms with E-state index in [1.807, 2.05) is 18.2 Å². The quantitative estimate of drug-likeness (QED) is 0.269. The van der Waals surface area contributed by atoms with Crippen molar-refractivity contribution < 1.29 is 9.52 Å². The zero-order valence-electron chi connectivity index (χ0n) is 13.7. The molecule has 0 aliphatic heterocycles. The molecule has 8 heteroatoms. The number of phenolic OH excluding ortho intramolecular Hbond substituents is 1. The molecule has 2 N–H and O–H groups in total. The Morgan fingerprint density at radius 3 is 2.93 bits per heavy atom. The number of para-hydroxylation sites is 1. The van der Waals surface area contributed by atoms with Crippen molar-refractivity contribution in [3.63, 3.8) is 0 Å². The van der Waals surface area contributed by atoms with E-state index in [0.29, 0.717) is 26.4 Å². The van der Waals surface area contributed by atoms with E-state index in [0.717, 1.165) is 10.9 Å². The lowest BCUT2D eigenvalue weighted by Crippen LogP contribution is -2.02. The van der Waals surface area contributed by atoms with Gasteiger partial charge in [-0.25, -0.2) is 9.78 Å². The van der Waals surface area contributed by atoms with Crippen LogP contribution >= 0.6 is 27.3 Å². The maximum atomic E-state index is 12.2.